The topological polar surface area (TPSA) is 169 Å². The predicted octanol–water partition coefficient (Wildman–Crippen LogP) is 10.2. The van der Waals surface area contributed by atoms with Gasteiger partial charge in [-0.05, 0) is 51.4 Å². The molecule has 0 aliphatic carbocycles. The molecule has 0 spiro atoms. The lowest BCUT2D eigenvalue weighted by Gasteiger charge is -2.24. The molecule has 0 rings (SSSR count). The van der Waals surface area contributed by atoms with Crippen LogP contribution in [0.2, 0.25) is 0 Å². The van der Waals surface area contributed by atoms with Crippen molar-refractivity contribution in [2.75, 3.05) is 47.5 Å². The molecule has 0 radical (unpaired) electrons. The number of quaternary nitrogens is 1. The maximum absolute atomic E-state index is 12.7. The van der Waals surface area contributed by atoms with Gasteiger partial charge in [0.25, 0.3) is 0 Å². The predicted molar refractivity (Wildman–Crippen MR) is 247 cm³/mol. The summed E-state index contributed by atoms with van der Waals surface area (Å²) in [4.78, 5) is 35.5. The molecule has 0 aliphatic heterocycles. The van der Waals surface area contributed by atoms with Gasteiger partial charge in [0, 0.05) is 12.8 Å². The van der Waals surface area contributed by atoms with E-state index in [9.17, 15) is 34.4 Å². The Morgan fingerprint density at radius 3 is 1.74 bits per heavy atom. The number of phosphoric acid groups is 1. The number of phosphoric ester groups is 1. The van der Waals surface area contributed by atoms with E-state index in [1.807, 2.05) is 21.1 Å². The van der Waals surface area contributed by atoms with Crippen LogP contribution >= 0.6 is 7.82 Å². The number of hydrogen-bond donors (Lipinski definition) is 4. The van der Waals surface area contributed by atoms with Crippen LogP contribution in [0.1, 0.15) is 162 Å². The fourth-order valence-electron chi connectivity index (χ4n) is 6.04. The molecule has 0 amide bonds. The number of esters is 2. The van der Waals surface area contributed by atoms with Gasteiger partial charge in [-0.25, -0.2) is 4.57 Å². The largest absolute Gasteiger partial charge is 0.472 e. The first-order valence-corrected chi connectivity index (χ1v) is 24.8. The van der Waals surface area contributed by atoms with E-state index in [0.29, 0.717) is 17.4 Å². The molecule has 0 fully saturated rings. The van der Waals surface area contributed by atoms with E-state index in [1.165, 1.54) is 70.3 Å². The fourth-order valence-corrected chi connectivity index (χ4v) is 6.78. The van der Waals surface area contributed by atoms with Crippen LogP contribution in [0.5, 0.6) is 0 Å². The van der Waals surface area contributed by atoms with Gasteiger partial charge < -0.3 is 34.2 Å². The summed E-state index contributed by atoms with van der Waals surface area (Å²) in [6.45, 7) is 3.90. The van der Waals surface area contributed by atoms with Crippen molar-refractivity contribution in [3.05, 3.63) is 60.8 Å². The van der Waals surface area contributed by atoms with E-state index in [1.54, 1.807) is 42.5 Å². The van der Waals surface area contributed by atoms with E-state index < -0.39 is 50.8 Å². The van der Waals surface area contributed by atoms with Crippen LogP contribution in [0.15, 0.2) is 60.8 Å². The molecule has 0 saturated carbocycles. The number of rotatable bonds is 41. The van der Waals surface area contributed by atoms with Crippen LogP contribution in [-0.2, 0) is 32.7 Å². The number of carbonyl (C=O) groups excluding carboxylic acids is 2. The SMILES string of the molecule is CCCCCCCC/C=C\CCCCCCCCCC(=O)OC[C@H](COP(=O)(O)OCC[N+](C)(C)C)OC(=O)CCC[C@H](O)[C@@H](O)/C=C/C=C/C=C\C=C\[C@@H](O)CCCCC. The third kappa shape index (κ3) is 41.4. The van der Waals surface area contributed by atoms with E-state index in [-0.39, 0.29) is 38.9 Å². The standard InChI is InChI=1S/C48H86NO11P/c1-6-8-10-11-12-13-14-15-16-17-18-19-20-21-22-27-31-37-47(53)57-41-44(42-59-61(55,56)58-40-39-49(3,4)5)60-48(54)38-32-36-46(52)45(51)35-30-26-24-23-25-29-34-43(50)33-28-9-7-2/h15-16,23-26,29-30,34-35,43-46,50-52H,6-14,17-22,27-28,31-33,36-42H2,1-5H3/p+1/b16-15-,25-23-,26-24+,34-29+,35-30+/t43-,44+,45-,46-/m0/s1. The fraction of sp³-hybridized carbons (Fsp3) is 0.750. The average molecular weight is 885 g/mol. The van der Waals surface area contributed by atoms with Crippen LogP contribution in [0.3, 0.4) is 0 Å². The molecule has 0 bridgehead atoms. The molecule has 12 nitrogen and oxygen atoms in total. The maximum atomic E-state index is 12.7. The number of aliphatic hydroxyl groups excluding tert-OH is 3. The molecular weight excluding hydrogens is 797 g/mol. The highest BCUT2D eigenvalue weighted by atomic mass is 31.2. The number of carbonyl (C=O) groups is 2. The van der Waals surface area contributed by atoms with Crippen molar-refractivity contribution in [1.29, 1.82) is 0 Å². The lowest BCUT2D eigenvalue weighted by molar-refractivity contribution is -0.870. The summed E-state index contributed by atoms with van der Waals surface area (Å²) in [5.41, 5.74) is 0. The molecule has 0 saturated heterocycles. The molecule has 0 heterocycles. The van der Waals surface area contributed by atoms with Gasteiger partial charge in [-0.2, -0.15) is 0 Å². The molecule has 354 valence electrons. The number of unbranched alkanes of at least 4 members (excludes halogenated alkanes) is 15. The lowest BCUT2D eigenvalue weighted by Crippen LogP contribution is -2.37. The second kappa shape index (κ2) is 39.2. The summed E-state index contributed by atoms with van der Waals surface area (Å²) in [7, 11) is 1.25. The monoisotopic (exact) mass is 885 g/mol. The van der Waals surface area contributed by atoms with Crippen molar-refractivity contribution in [2.45, 2.75) is 186 Å². The van der Waals surface area contributed by atoms with Gasteiger partial charge in [-0.3, -0.25) is 18.6 Å². The molecule has 0 aliphatic rings. The van der Waals surface area contributed by atoms with E-state index in [2.05, 4.69) is 26.0 Å². The molecule has 0 aromatic carbocycles. The molecule has 0 aromatic rings. The van der Waals surface area contributed by atoms with Gasteiger partial charge in [-0.15, -0.1) is 0 Å². The minimum atomic E-state index is -4.48. The summed E-state index contributed by atoms with van der Waals surface area (Å²) < 4.78 is 34.0. The first-order chi connectivity index (χ1) is 29.2. The molecule has 61 heavy (non-hydrogen) atoms. The first kappa shape index (κ1) is 58.6. The molecule has 0 aromatic heterocycles. The summed E-state index contributed by atoms with van der Waals surface area (Å²) in [6.07, 6.45) is 36.3. The number of hydrogen-bond acceptors (Lipinski definition) is 10. The minimum absolute atomic E-state index is 0.0349. The Bertz CT molecular complexity index is 1280. The third-order valence-corrected chi connectivity index (χ3v) is 10.9. The van der Waals surface area contributed by atoms with Crippen LogP contribution in [-0.4, -0.2) is 109 Å². The molecule has 13 heteroatoms. The van der Waals surface area contributed by atoms with Crippen molar-refractivity contribution in [3.8, 4) is 0 Å². The van der Waals surface area contributed by atoms with Crippen LogP contribution in [0.25, 0.3) is 0 Å². The molecule has 5 atom stereocenters. The van der Waals surface area contributed by atoms with Gasteiger partial charge in [0.2, 0.25) is 0 Å². The van der Waals surface area contributed by atoms with Gasteiger partial charge in [-0.1, -0.05) is 158 Å². The Morgan fingerprint density at radius 1 is 0.607 bits per heavy atom. The minimum Gasteiger partial charge on any atom is -0.462 e. The van der Waals surface area contributed by atoms with Crippen molar-refractivity contribution in [1.82, 2.24) is 0 Å². The van der Waals surface area contributed by atoms with E-state index >= 15 is 0 Å². The van der Waals surface area contributed by atoms with Crippen molar-refractivity contribution < 1.29 is 57.4 Å². The number of likely N-dealkylation sites (N-methyl/N-ethyl adjacent to an activating group) is 1. The highest BCUT2D eigenvalue weighted by molar-refractivity contribution is 7.47. The molecular formula is C48H87NO11P+. The Balaban J connectivity index is 4.66. The second-order valence-electron chi connectivity index (χ2n) is 17.0. The zero-order valence-electron chi connectivity index (χ0n) is 38.7. The number of ether oxygens (including phenoxy) is 2. The Labute approximate surface area is 370 Å². The third-order valence-electron chi connectivity index (χ3n) is 9.89. The quantitative estimate of drug-likeness (QED) is 0.0115. The molecule has 4 N–H and O–H groups in total. The van der Waals surface area contributed by atoms with Crippen LogP contribution in [0.4, 0.5) is 0 Å². The smallest absolute Gasteiger partial charge is 0.462 e. The average Bonchev–Trinajstić information content (AvgIpc) is 3.20. The maximum Gasteiger partial charge on any atom is 0.472 e. The highest BCUT2D eigenvalue weighted by Crippen LogP contribution is 2.43. The van der Waals surface area contributed by atoms with E-state index in [4.69, 9.17) is 18.5 Å². The summed E-state index contributed by atoms with van der Waals surface area (Å²) >= 11 is 0. The van der Waals surface area contributed by atoms with Crippen LogP contribution in [0, 0.1) is 0 Å². The zero-order valence-corrected chi connectivity index (χ0v) is 39.6. The summed E-state index contributed by atoms with van der Waals surface area (Å²) in [6, 6.07) is 0. The van der Waals surface area contributed by atoms with Crippen molar-refractivity contribution in [2.24, 2.45) is 0 Å². The van der Waals surface area contributed by atoms with Crippen LogP contribution < -0.4 is 0 Å². The Kier molecular flexibility index (Phi) is 37.7. The number of nitrogens with zero attached hydrogens (tertiary/aromatic N) is 1. The lowest BCUT2D eigenvalue weighted by atomic mass is 10.1. The van der Waals surface area contributed by atoms with Gasteiger partial charge in [0.05, 0.1) is 46.1 Å². The first-order valence-electron chi connectivity index (χ1n) is 23.3. The second-order valence-corrected chi connectivity index (χ2v) is 18.5. The summed E-state index contributed by atoms with van der Waals surface area (Å²) in [5.74, 6) is -1.14. The normalized spacial score (nSPS) is 15.6. The van der Waals surface area contributed by atoms with Gasteiger partial charge in [0.15, 0.2) is 6.10 Å². The highest BCUT2D eigenvalue weighted by Gasteiger charge is 2.27. The number of allylic oxidation sites excluding steroid dienone is 8. The van der Waals surface area contributed by atoms with E-state index in [0.717, 1.165) is 51.4 Å². The molecule has 1 unspecified atom stereocenters. The Morgan fingerprint density at radius 2 is 1.13 bits per heavy atom. The Hall–Kier alpha value is -2.41. The number of aliphatic hydroxyl groups is 3. The van der Waals surface area contributed by atoms with Gasteiger partial charge in [0.1, 0.15) is 19.8 Å². The van der Waals surface area contributed by atoms with Gasteiger partial charge >= 0.3 is 19.8 Å². The summed E-state index contributed by atoms with van der Waals surface area (Å²) in [5, 5.41) is 30.6. The van der Waals surface area contributed by atoms with Crippen molar-refractivity contribution in [3.63, 3.8) is 0 Å². The van der Waals surface area contributed by atoms with Crippen molar-refractivity contribution >= 4 is 19.8 Å². The zero-order chi connectivity index (χ0) is 45.5.